The maximum Gasteiger partial charge on any atom is 0.253 e. The van der Waals surface area contributed by atoms with Gasteiger partial charge in [0.05, 0.1) is 18.7 Å². The summed E-state index contributed by atoms with van der Waals surface area (Å²) in [7, 11) is 1.66. The van der Waals surface area contributed by atoms with Crippen LogP contribution in [0.5, 0.6) is 5.75 Å². The van der Waals surface area contributed by atoms with Gasteiger partial charge < -0.3 is 9.64 Å². The Hall–Kier alpha value is -2.80. The van der Waals surface area contributed by atoms with E-state index < -0.39 is 0 Å². The van der Waals surface area contributed by atoms with Crippen molar-refractivity contribution in [3.63, 3.8) is 0 Å². The van der Waals surface area contributed by atoms with E-state index in [0.717, 1.165) is 25.3 Å². The summed E-state index contributed by atoms with van der Waals surface area (Å²) in [6.07, 6.45) is 0.967. The van der Waals surface area contributed by atoms with Crippen LogP contribution in [0.4, 0.5) is 0 Å². The van der Waals surface area contributed by atoms with E-state index in [9.17, 15) is 4.79 Å². The molecule has 4 nitrogen and oxygen atoms in total. The lowest BCUT2D eigenvalue weighted by molar-refractivity contribution is 0.0791. The average Bonchev–Trinajstić information content (AvgIpc) is 3.11. The van der Waals surface area contributed by atoms with Crippen molar-refractivity contribution in [1.82, 2.24) is 4.90 Å². The predicted molar refractivity (Wildman–Crippen MR) is 87.4 cm³/mol. The van der Waals surface area contributed by atoms with Crippen LogP contribution in [0.3, 0.4) is 0 Å². The fraction of sp³-hybridized carbons (Fsp3) is 0.263. The Kier molecular flexibility index (Phi) is 4.29. The number of nitrogens with zero attached hydrogens (tertiary/aromatic N) is 2. The van der Waals surface area contributed by atoms with Crippen molar-refractivity contribution in [2.45, 2.75) is 12.3 Å². The van der Waals surface area contributed by atoms with Gasteiger partial charge in [-0.25, -0.2) is 0 Å². The highest BCUT2D eigenvalue weighted by atomic mass is 16.5. The summed E-state index contributed by atoms with van der Waals surface area (Å²) in [5, 5.41) is 8.82. The van der Waals surface area contributed by atoms with Crippen molar-refractivity contribution < 1.29 is 9.53 Å². The molecular formula is C19H18N2O2. The molecule has 0 N–H and O–H groups in total. The number of likely N-dealkylation sites (tertiary alicyclic amines) is 1. The van der Waals surface area contributed by atoms with Gasteiger partial charge in [0.25, 0.3) is 5.91 Å². The third-order valence-corrected chi connectivity index (χ3v) is 4.32. The molecule has 1 heterocycles. The molecule has 0 bridgehead atoms. The second kappa shape index (κ2) is 6.53. The number of methoxy groups -OCH3 is 1. The standard InChI is InChI=1S/C19H18N2O2/c1-23-18-8-6-15(7-9-18)17-10-11-21(13-17)19(22)16-4-2-14(12-20)3-5-16/h2-9,17H,10-11,13H2,1H3/t17-/m1/s1. The number of carbonyl (C=O) groups excluding carboxylic acids is 1. The van der Waals surface area contributed by atoms with Crippen LogP contribution in [0.15, 0.2) is 48.5 Å². The molecule has 2 aromatic carbocycles. The molecule has 0 radical (unpaired) electrons. The number of benzene rings is 2. The normalized spacial score (nSPS) is 16.9. The molecule has 1 amide bonds. The lowest BCUT2D eigenvalue weighted by Gasteiger charge is -2.17. The van der Waals surface area contributed by atoms with Gasteiger partial charge in [-0.2, -0.15) is 5.26 Å². The minimum Gasteiger partial charge on any atom is -0.497 e. The molecule has 1 atom stereocenters. The van der Waals surface area contributed by atoms with E-state index in [1.54, 1.807) is 31.4 Å². The largest absolute Gasteiger partial charge is 0.497 e. The zero-order chi connectivity index (χ0) is 16.2. The molecule has 0 aromatic heterocycles. The molecule has 4 heteroatoms. The molecule has 1 aliphatic rings. The van der Waals surface area contributed by atoms with Crippen molar-refractivity contribution in [2.75, 3.05) is 20.2 Å². The molecule has 3 rings (SSSR count). The predicted octanol–water partition coefficient (Wildman–Crippen LogP) is 3.20. The topological polar surface area (TPSA) is 53.3 Å². The van der Waals surface area contributed by atoms with Crippen molar-refractivity contribution in [3.8, 4) is 11.8 Å². The van der Waals surface area contributed by atoms with Gasteiger partial charge >= 0.3 is 0 Å². The van der Waals surface area contributed by atoms with Crippen LogP contribution in [0, 0.1) is 11.3 Å². The highest BCUT2D eigenvalue weighted by Crippen LogP contribution is 2.29. The van der Waals surface area contributed by atoms with Crippen molar-refractivity contribution in [3.05, 3.63) is 65.2 Å². The Balaban J connectivity index is 1.68. The molecule has 0 saturated carbocycles. The van der Waals surface area contributed by atoms with Gasteiger partial charge in [-0.3, -0.25) is 4.79 Å². The lowest BCUT2D eigenvalue weighted by atomic mass is 9.98. The van der Waals surface area contributed by atoms with Gasteiger partial charge in [0.1, 0.15) is 5.75 Å². The van der Waals surface area contributed by atoms with E-state index >= 15 is 0 Å². The number of hydrogen-bond acceptors (Lipinski definition) is 3. The first kappa shape index (κ1) is 15.1. The Bertz CT molecular complexity index is 729. The first-order chi connectivity index (χ1) is 11.2. The number of rotatable bonds is 3. The van der Waals surface area contributed by atoms with Crippen LogP contribution in [-0.4, -0.2) is 31.0 Å². The maximum atomic E-state index is 12.5. The van der Waals surface area contributed by atoms with Crippen molar-refractivity contribution in [1.29, 1.82) is 5.26 Å². The summed E-state index contributed by atoms with van der Waals surface area (Å²) in [4.78, 5) is 14.4. The van der Waals surface area contributed by atoms with Gasteiger partial charge in [-0.15, -0.1) is 0 Å². The Labute approximate surface area is 135 Å². The zero-order valence-corrected chi connectivity index (χ0v) is 13.0. The van der Waals surface area contributed by atoms with Crippen LogP contribution in [0.25, 0.3) is 0 Å². The Morgan fingerprint density at radius 3 is 2.48 bits per heavy atom. The van der Waals surface area contributed by atoms with E-state index in [4.69, 9.17) is 10.00 Å². The Morgan fingerprint density at radius 1 is 1.17 bits per heavy atom. The van der Waals surface area contributed by atoms with Crippen LogP contribution in [0.2, 0.25) is 0 Å². The summed E-state index contributed by atoms with van der Waals surface area (Å²) in [6, 6.07) is 16.9. The summed E-state index contributed by atoms with van der Waals surface area (Å²) < 4.78 is 5.18. The minimum atomic E-state index is 0.0329. The number of carbonyl (C=O) groups is 1. The summed E-state index contributed by atoms with van der Waals surface area (Å²) in [6.45, 7) is 1.49. The van der Waals surface area contributed by atoms with E-state index in [0.29, 0.717) is 17.0 Å². The molecule has 0 spiro atoms. The van der Waals surface area contributed by atoms with Crippen molar-refractivity contribution in [2.24, 2.45) is 0 Å². The van der Waals surface area contributed by atoms with Gasteiger partial charge in [-0.05, 0) is 48.4 Å². The van der Waals surface area contributed by atoms with Gasteiger partial charge in [0.15, 0.2) is 0 Å². The lowest BCUT2D eigenvalue weighted by Crippen LogP contribution is -2.28. The molecular weight excluding hydrogens is 288 g/mol. The first-order valence-corrected chi connectivity index (χ1v) is 7.64. The summed E-state index contributed by atoms with van der Waals surface area (Å²) in [5.74, 6) is 1.24. The SMILES string of the molecule is COc1ccc([C@@H]2CCN(C(=O)c3ccc(C#N)cc3)C2)cc1. The van der Waals surface area contributed by atoms with Crippen LogP contribution >= 0.6 is 0 Å². The van der Waals surface area contributed by atoms with E-state index in [1.807, 2.05) is 17.0 Å². The quantitative estimate of drug-likeness (QED) is 0.875. The molecule has 23 heavy (non-hydrogen) atoms. The zero-order valence-electron chi connectivity index (χ0n) is 13.0. The van der Waals surface area contributed by atoms with Crippen LogP contribution in [0.1, 0.15) is 33.8 Å². The molecule has 0 aliphatic carbocycles. The molecule has 1 aliphatic heterocycles. The number of amides is 1. The third-order valence-electron chi connectivity index (χ3n) is 4.32. The fourth-order valence-corrected chi connectivity index (χ4v) is 2.96. The van der Waals surface area contributed by atoms with Crippen molar-refractivity contribution >= 4 is 5.91 Å². The number of hydrogen-bond donors (Lipinski definition) is 0. The first-order valence-electron chi connectivity index (χ1n) is 7.64. The van der Waals surface area contributed by atoms with E-state index in [2.05, 4.69) is 18.2 Å². The van der Waals surface area contributed by atoms with Crippen LogP contribution < -0.4 is 4.74 Å². The second-order valence-electron chi connectivity index (χ2n) is 5.70. The molecule has 116 valence electrons. The van der Waals surface area contributed by atoms with Gasteiger partial charge in [0, 0.05) is 24.6 Å². The van der Waals surface area contributed by atoms with E-state index in [1.165, 1.54) is 5.56 Å². The smallest absolute Gasteiger partial charge is 0.253 e. The molecule has 1 fully saturated rings. The second-order valence-corrected chi connectivity index (χ2v) is 5.70. The summed E-state index contributed by atoms with van der Waals surface area (Å²) in [5.41, 5.74) is 2.44. The molecule has 1 saturated heterocycles. The van der Waals surface area contributed by atoms with E-state index in [-0.39, 0.29) is 5.91 Å². The highest BCUT2D eigenvalue weighted by molar-refractivity contribution is 5.94. The van der Waals surface area contributed by atoms with Gasteiger partial charge in [-0.1, -0.05) is 12.1 Å². The highest BCUT2D eigenvalue weighted by Gasteiger charge is 2.27. The third kappa shape index (κ3) is 3.19. The summed E-state index contributed by atoms with van der Waals surface area (Å²) >= 11 is 0. The minimum absolute atomic E-state index is 0.0329. The molecule has 2 aromatic rings. The number of ether oxygens (including phenoxy) is 1. The Morgan fingerprint density at radius 2 is 1.87 bits per heavy atom. The average molecular weight is 306 g/mol. The number of nitriles is 1. The van der Waals surface area contributed by atoms with Crippen LogP contribution in [-0.2, 0) is 0 Å². The maximum absolute atomic E-state index is 12.5. The van der Waals surface area contributed by atoms with Gasteiger partial charge in [0.2, 0.25) is 0 Å². The fourth-order valence-electron chi connectivity index (χ4n) is 2.96. The molecule has 0 unspecified atom stereocenters. The monoisotopic (exact) mass is 306 g/mol.